The summed E-state index contributed by atoms with van der Waals surface area (Å²) in [6, 6.07) is -0.401. The van der Waals surface area contributed by atoms with Gasteiger partial charge in [0.05, 0.1) is 18.2 Å². The number of nitrogens with zero attached hydrogens (tertiary/aromatic N) is 1. The number of Topliss-reactive ketones (excluding diaryl/α,β-unsaturated/α-hetero) is 2. The molecule has 2 aliphatic rings. The molecule has 3 N–H and O–H groups in total. The standard InChI is InChI=1S/C30H38F4N4O7/c1-15(2)45-19-13-21(38(14-19)27(43)24(29(3,4)5)37-28(44)30(32,33)34)26(42)36-20(12-17-10-11-35-25(17)41)23(40)22(39)16-6-8-18(31)9-7-16/h6-9,15,17,19-21,24H,10-14H2,1-5H3,(H,35,41)(H,36,42)(H,37,44)/t17?,19-,20?,21+,24-/m1/s1. The maximum absolute atomic E-state index is 13.8. The van der Waals surface area contributed by atoms with E-state index in [-0.39, 0.29) is 37.0 Å². The van der Waals surface area contributed by atoms with Crippen molar-refractivity contribution >= 4 is 35.2 Å². The van der Waals surface area contributed by atoms with Crippen LogP contribution in [-0.2, 0) is 28.7 Å². The first-order valence-corrected chi connectivity index (χ1v) is 14.5. The maximum atomic E-state index is 13.8. The van der Waals surface area contributed by atoms with Crippen LogP contribution < -0.4 is 16.0 Å². The molecule has 2 aliphatic heterocycles. The first-order chi connectivity index (χ1) is 20.8. The molecule has 1 aromatic rings. The van der Waals surface area contributed by atoms with Crippen LogP contribution >= 0.6 is 0 Å². The van der Waals surface area contributed by atoms with Gasteiger partial charge in [0.2, 0.25) is 29.3 Å². The van der Waals surface area contributed by atoms with Gasteiger partial charge in [-0.15, -0.1) is 0 Å². The molecule has 248 valence electrons. The van der Waals surface area contributed by atoms with Gasteiger partial charge in [-0.05, 0) is 56.4 Å². The second-order valence-corrected chi connectivity index (χ2v) is 12.6. The molecule has 2 saturated heterocycles. The third-order valence-electron chi connectivity index (χ3n) is 7.61. The minimum absolute atomic E-state index is 0.101. The van der Waals surface area contributed by atoms with Crippen LogP contribution in [0.2, 0.25) is 0 Å². The zero-order chi connectivity index (χ0) is 33.9. The molecule has 0 spiro atoms. The third-order valence-corrected chi connectivity index (χ3v) is 7.61. The molecule has 0 bridgehead atoms. The zero-order valence-electron chi connectivity index (χ0n) is 25.6. The predicted molar refractivity (Wildman–Crippen MR) is 151 cm³/mol. The number of rotatable bonds is 11. The van der Waals surface area contributed by atoms with E-state index in [2.05, 4.69) is 10.6 Å². The highest BCUT2D eigenvalue weighted by Gasteiger charge is 2.49. The normalized spacial score (nSPS) is 21.7. The van der Waals surface area contributed by atoms with Gasteiger partial charge in [0.15, 0.2) is 0 Å². The lowest BCUT2D eigenvalue weighted by molar-refractivity contribution is -0.176. The van der Waals surface area contributed by atoms with Crippen LogP contribution in [0.5, 0.6) is 0 Å². The monoisotopic (exact) mass is 642 g/mol. The highest BCUT2D eigenvalue weighted by Crippen LogP contribution is 2.29. The molecule has 3 rings (SSSR count). The summed E-state index contributed by atoms with van der Waals surface area (Å²) in [5.41, 5.74) is -1.36. The van der Waals surface area contributed by atoms with Crippen molar-refractivity contribution in [1.82, 2.24) is 20.9 Å². The SMILES string of the molecule is CC(C)O[C@@H]1C[C@@H](C(=O)NC(CC2CCNC2=O)C(=O)C(=O)c2ccc(F)cc2)N(C(=O)[C@@H](NC(=O)C(F)(F)F)C(C)(C)C)C1. The van der Waals surface area contributed by atoms with Crippen molar-refractivity contribution < 1.29 is 51.1 Å². The number of alkyl halides is 3. The molecule has 2 heterocycles. The molecule has 2 fully saturated rings. The van der Waals surface area contributed by atoms with Crippen LogP contribution in [0.1, 0.15) is 64.2 Å². The predicted octanol–water partition coefficient (Wildman–Crippen LogP) is 2.08. The summed E-state index contributed by atoms with van der Waals surface area (Å²) in [7, 11) is 0. The number of ketones is 2. The third kappa shape index (κ3) is 9.08. The van der Waals surface area contributed by atoms with Crippen molar-refractivity contribution in [2.75, 3.05) is 13.1 Å². The van der Waals surface area contributed by atoms with Crippen molar-refractivity contribution in [3.63, 3.8) is 0 Å². The molecule has 11 nitrogen and oxygen atoms in total. The Bertz CT molecular complexity index is 1310. The first kappa shape index (κ1) is 35.6. The van der Waals surface area contributed by atoms with Crippen molar-refractivity contribution in [2.24, 2.45) is 11.3 Å². The van der Waals surface area contributed by atoms with Gasteiger partial charge in [0.25, 0.3) is 0 Å². The lowest BCUT2D eigenvalue weighted by atomic mass is 9.85. The molecule has 5 atom stereocenters. The molecular formula is C30H38F4N4O7. The van der Waals surface area contributed by atoms with Crippen molar-refractivity contribution in [3.8, 4) is 0 Å². The molecular weight excluding hydrogens is 604 g/mol. The Hall–Kier alpha value is -3.88. The molecule has 0 radical (unpaired) electrons. The van der Waals surface area contributed by atoms with Crippen LogP contribution in [0.15, 0.2) is 24.3 Å². The highest BCUT2D eigenvalue weighted by atomic mass is 19.4. The quantitative estimate of drug-likeness (QED) is 0.190. The maximum Gasteiger partial charge on any atom is 0.471 e. The van der Waals surface area contributed by atoms with E-state index in [4.69, 9.17) is 4.74 Å². The number of hydrogen-bond donors (Lipinski definition) is 3. The van der Waals surface area contributed by atoms with Gasteiger partial charge >= 0.3 is 12.1 Å². The fraction of sp³-hybridized carbons (Fsp3) is 0.600. The number of benzene rings is 1. The Morgan fingerprint density at radius 3 is 2.18 bits per heavy atom. The summed E-state index contributed by atoms with van der Waals surface area (Å²) in [4.78, 5) is 79.2. The Labute approximate surface area is 257 Å². The highest BCUT2D eigenvalue weighted by molar-refractivity contribution is 6.45. The second-order valence-electron chi connectivity index (χ2n) is 12.6. The van der Waals surface area contributed by atoms with Crippen LogP contribution in [-0.4, -0.2) is 89.7 Å². The van der Waals surface area contributed by atoms with E-state index in [0.717, 1.165) is 29.2 Å². The number of ether oxygens (including phenoxy) is 1. The zero-order valence-corrected chi connectivity index (χ0v) is 25.6. The summed E-state index contributed by atoms with van der Waals surface area (Å²) < 4.78 is 58.7. The molecule has 15 heteroatoms. The second kappa shape index (κ2) is 14.0. The first-order valence-electron chi connectivity index (χ1n) is 14.5. The summed E-state index contributed by atoms with van der Waals surface area (Å²) in [6.45, 7) is 7.88. The molecule has 45 heavy (non-hydrogen) atoms. The number of amides is 4. The van der Waals surface area contributed by atoms with Crippen LogP contribution in [0.3, 0.4) is 0 Å². The number of carbonyl (C=O) groups excluding carboxylic acids is 6. The number of nitrogens with one attached hydrogen (secondary N) is 3. The fourth-order valence-corrected chi connectivity index (χ4v) is 5.36. The lowest BCUT2D eigenvalue weighted by Gasteiger charge is -2.35. The van der Waals surface area contributed by atoms with E-state index in [1.165, 1.54) is 20.8 Å². The van der Waals surface area contributed by atoms with Gasteiger partial charge in [-0.3, -0.25) is 28.8 Å². The molecule has 0 saturated carbocycles. The summed E-state index contributed by atoms with van der Waals surface area (Å²) >= 11 is 0. The topological polar surface area (TPSA) is 151 Å². The van der Waals surface area contributed by atoms with Crippen molar-refractivity contribution in [3.05, 3.63) is 35.6 Å². The number of hydrogen-bond acceptors (Lipinski definition) is 7. The molecule has 4 amide bonds. The summed E-state index contributed by atoms with van der Waals surface area (Å²) in [5.74, 6) is -8.07. The van der Waals surface area contributed by atoms with Crippen molar-refractivity contribution in [1.29, 1.82) is 0 Å². The van der Waals surface area contributed by atoms with Gasteiger partial charge < -0.3 is 25.6 Å². The lowest BCUT2D eigenvalue weighted by Crippen LogP contribution is -2.60. The van der Waals surface area contributed by atoms with Gasteiger partial charge in [-0.1, -0.05) is 20.8 Å². The molecule has 0 aliphatic carbocycles. The smallest absolute Gasteiger partial charge is 0.374 e. The van der Waals surface area contributed by atoms with Crippen molar-refractivity contribution in [2.45, 2.75) is 90.4 Å². The average molecular weight is 643 g/mol. The summed E-state index contributed by atoms with van der Waals surface area (Å²) in [6.07, 6.45) is -6.36. The van der Waals surface area contributed by atoms with Crippen LogP contribution in [0, 0.1) is 17.2 Å². The largest absolute Gasteiger partial charge is 0.471 e. The molecule has 0 aromatic heterocycles. The average Bonchev–Trinajstić information content (AvgIpc) is 3.54. The van der Waals surface area contributed by atoms with E-state index in [9.17, 15) is 46.3 Å². The molecule has 2 unspecified atom stereocenters. The summed E-state index contributed by atoms with van der Waals surface area (Å²) in [5, 5.41) is 6.84. The molecule has 1 aromatic carbocycles. The van der Waals surface area contributed by atoms with Crippen LogP contribution in [0.25, 0.3) is 0 Å². The number of carbonyl (C=O) groups is 6. The Morgan fingerprint density at radius 2 is 1.67 bits per heavy atom. The van der Waals surface area contributed by atoms with E-state index >= 15 is 0 Å². The van der Waals surface area contributed by atoms with Crippen LogP contribution in [0.4, 0.5) is 17.6 Å². The van der Waals surface area contributed by atoms with Gasteiger partial charge in [0, 0.05) is 31.0 Å². The Balaban J connectivity index is 1.93. The van der Waals surface area contributed by atoms with E-state index in [0.29, 0.717) is 13.0 Å². The minimum atomic E-state index is -5.27. The number of halogens is 4. The van der Waals surface area contributed by atoms with Gasteiger partial charge in [-0.2, -0.15) is 13.2 Å². The van der Waals surface area contributed by atoms with E-state index < -0.39 is 76.8 Å². The Kier molecular flexibility index (Phi) is 11.1. The van der Waals surface area contributed by atoms with E-state index in [1.54, 1.807) is 19.2 Å². The minimum Gasteiger partial charge on any atom is -0.374 e. The fourth-order valence-electron chi connectivity index (χ4n) is 5.36. The van der Waals surface area contributed by atoms with Gasteiger partial charge in [-0.25, -0.2) is 4.39 Å². The van der Waals surface area contributed by atoms with Gasteiger partial charge in [0.1, 0.15) is 17.9 Å². The van der Waals surface area contributed by atoms with E-state index in [1.807, 2.05) is 0 Å². The Morgan fingerprint density at radius 1 is 1.04 bits per heavy atom. The number of likely N-dealkylation sites (tertiary alicyclic amines) is 1.